The first-order valence-electron chi connectivity index (χ1n) is 3.64. The van der Waals surface area contributed by atoms with E-state index in [0.29, 0.717) is 11.5 Å². The molecule has 0 amide bonds. The van der Waals surface area contributed by atoms with Gasteiger partial charge in [0.1, 0.15) is 9.61 Å². The lowest BCUT2D eigenvalue weighted by atomic mass is 10.4. The average molecular weight is 205 g/mol. The number of thioether (sulfide) groups is 1. The number of carbonyl (C=O) groups is 1. The predicted octanol–water partition coefficient (Wildman–Crippen LogP) is 1.33. The van der Waals surface area contributed by atoms with E-state index >= 15 is 0 Å². The maximum Gasteiger partial charge on any atom is 0.346 e. The fourth-order valence-corrected chi connectivity index (χ4v) is 2.24. The molecule has 1 rings (SSSR count). The molecule has 0 saturated heterocycles. The van der Waals surface area contributed by atoms with E-state index in [9.17, 15) is 4.79 Å². The Bertz CT molecular complexity index is 227. The van der Waals surface area contributed by atoms with Gasteiger partial charge in [0.2, 0.25) is 0 Å². The van der Waals surface area contributed by atoms with E-state index in [1.165, 1.54) is 11.8 Å². The fraction of sp³-hybridized carbons (Fsp3) is 0.571. The molecule has 1 aliphatic heterocycles. The van der Waals surface area contributed by atoms with Crippen LogP contribution >= 0.6 is 24.4 Å². The minimum Gasteiger partial charge on any atom is -0.462 e. The Hall–Kier alpha value is -0.290. The fourth-order valence-electron chi connectivity index (χ4n) is 0.878. The zero-order valence-electron chi connectivity index (χ0n) is 6.96. The van der Waals surface area contributed by atoms with Crippen LogP contribution in [-0.2, 0) is 9.53 Å². The summed E-state index contributed by atoms with van der Waals surface area (Å²) >= 11 is 5.56. The number of hydrogen-bond acceptors (Lipinski definition) is 5. The van der Waals surface area contributed by atoms with E-state index in [0.717, 1.165) is 5.70 Å². The first-order valence-corrected chi connectivity index (χ1v) is 5.04. The third kappa shape index (κ3) is 2.10. The Morgan fingerprint density at radius 2 is 2.50 bits per heavy atom. The molecule has 1 N–H and O–H groups in total. The molecule has 1 atom stereocenters. The lowest BCUT2D eigenvalue weighted by Crippen LogP contribution is -2.12. The molecule has 3 nitrogen and oxygen atoms in total. The van der Waals surface area contributed by atoms with E-state index in [2.05, 4.69) is 17.9 Å². The van der Waals surface area contributed by atoms with Crippen LogP contribution in [-0.4, -0.2) is 17.3 Å². The monoisotopic (exact) mass is 205 g/mol. The Morgan fingerprint density at radius 3 is 2.92 bits per heavy atom. The van der Waals surface area contributed by atoms with Crippen molar-refractivity contribution in [3.05, 3.63) is 10.6 Å². The molecular weight excluding hydrogens is 194 g/mol. The summed E-state index contributed by atoms with van der Waals surface area (Å²) in [5.74, 6) is -0.260. The van der Waals surface area contributed by atoms with Gasteiger partial charge in [0.15, 0.2) is 0 Å². The summed E-state index contributed by atoms with van der Waals surface area (Å²) in [6, 6.07) is 0. The van der Waals surface area contributed by atoms with Crippen LogP contribution in [0.4, 0.5) is 0 Å². The van der Waals surface area contributed by atoms with E-state index in [1.54, 1.807) is 6.92 Å². The Morgan fingerprint density at radius 1 is 1.83 bits per heavy atom. The Balaban J connectivity index is 2.62. The number of nitrogens with one attached hydrogen (secondary N) is 1. The van der Waals surface area contributed by atoms with Gasteiger partial charge in [-0.2, -0.15) is 0 Å². The van der Waals surface area contributed by atoms with Crippen molar-refractivity contribution in [1.82, 2.24) is 5.32 Å². The molecule has 12 heavy (non-hydrogen) atoms. The largest absolute Gasteiger partial charge is 0.462 e. The van der Waals surface area contributed by atoms with Gasteiger partial charge >= 0.3 is 5.97 Å². The van der Waals surface area contributed by atoms with Crippen LogP contribution in [0, 0.1) is 0 Å². The summed E-state index contributed by atoms with van der Waals surface area (Å²) < 4.78 is 4.83. The Kier molecular flexibility index (Phi) is 3.34. The number of hydrogen-bond donors (Lipinski definition) is 2. The number of thiol groups is 1. The number of allylic oxidation sites excluding steroid dienone is 1. The summed E-state index contributed by atoms with van der Waals surface area (Å²) in [7, 11) is 0. The van der Waals surface area contributed by atoms with Crippen LogP contribution in [0.1, 0.15) is 13.8 Å². The predicted molar refractivity (Wildman–Crippen MR) is 52.8 cm³/mol. The number of rotatable bonds is 2. The third-order valence-electron chi connectivity index (χ3n) is 1.37. The van der Waals surface area contributed by atoms with Crippen LogP contribution < -0.4 is 5.32 Å². The summed E-state index contributed by atoms with van der Waals surface area (Å²) in [5.41, 5.74) is 0.846. The number of ether oxygens (including phenoxy) is 1. The van der Waals surface area contributed by atoms with Crippen molar-refractivity contribution in [1.29, 1.82) is 0 Å². The second-order valence-electron chi connectivity index (χ2n) is 2.29. The van der Waals surface area contributed by atoms with Gasteiger partial charge < -0.3 is 10.1 Å². The topological polar surface area (TPSA) is 38.3 Å². The van der Waals surface area contributed by atoms with Crippen LogP contribution in [0.3, 0.4) is 0 Å². The smallest absolute Gasteiger partial charge is 0.346 e. The lowest BCUT2D eigenvalue weighted by molar-refractivity contribution is -0.137. The number of carbonyl (C=O) groups excluding carboxylic acids is 1. The molecule has 1 heterocycles. The van der Waals surface area contributed by atoms with E-state index in [1.807, 2.05) is 6.92 Å². The molecule has 5 heteroatoms. The highest BCUT2D eigenvalue weighted by Crippen LogP contribution is 2.32. The molecular formula is C7H11NO2S2. The van der Waals surface area contributed by atoms with Gasteiger partial charge in [-0.25, -0.2) is 4.79 Å². The van der Waals surface area contributed by atoms with Gasteiger partial charge in [0.05, 0.1) is 6.61 Å². The minimum atomic E-state index is -0.260. The molecule has 0 aromatic rings. The van der Waals surface area contributed by atoms with Crippen molar-refractivity contribution in [2.45, 2.75) is 18.6 Å². The summed E-state index contributed by atoms with van der Waals surface area (Å²) in [6.07, 6.45) is 0. The van der Waals surface area contributed by atoms with Gasteiger partial charge in [-0.15, -0.1) is 12.6 Å². The van der Waals surface area contributed by atoms with E-state index in [4.69, 9.17) is 4.74 Å². The summed E-state index contributed by atoms with van der Waals surface area (Å²) in [6.45, 7) is 4.04. The second-order valence-corrected chi connectivity index (χ2v) is 4.27. The van der Waals surface area contributed by atoms with Crippen molar-refractivity contribution < 1.29 is 9.53 Å². The molecule has 1 aliphatic rings. The van der Waals surface area contributed by atoms with Gasteiger partial charge in [0.25, 0.3) is 0 Å². The van der Waals surface area contributed by atoms with Crippen molar-refractivity contribution in [3.63, 3.8) is 0 Å². The first-order chi connectivity index (χ1) is 5.65. The molecule has 0 saturated carbocycles. The third-order valence-corrected chi connectivity index (χ3v) is 2.87. The quantitative estimate of drug-likeness (QED) is 0.527. The van der Waals surface area contributed by atoms with Crippen LogP contribution in [0.25, 0.3) is 0 Å². The molecule has 1 unspecified atom stereocenters. The van der Waals surface area contributed by atoms with Crippen molar-refractivity contribution in [2.75, 3.05) is 6.61 Å². The van der Waals surface area contributed by atoms with Crippen molar-refractivity contribution in [2.24, 2.45) is 0 Å². The molecule has 0 aliphatic carbocycles. The summed E-state index contributed by atoms with van der Waals surface area (Å²) in [4.78, 5) is 11.9. The highest BCUT2D eigenvalue weighted by Gasteiger charge is 2.24. The van der Waals surface area contributed by atoms with Crippen molar-refractivity contribution >= 4 is 30.4 Å². The van der Waals surface area contributed by atoms with Gasteiger partial charge in [-0.1, -0.05) is 11.8 Å². The van der Waals surface area contributed by atoms with Gasteiger partial charge in [-0.05, 0) is 13.8 Å². The maximum atomic E-state index is 11.2. The number of esters is 1. The molecule has 68 valence electrons. The van der Waals surface area contributed by atoms with Crippen LogP contribution in [0.2, 0.25) is 0 Å². The van der Waals surface area contributed by atoms with Gasteiger partial charge in [-0.3, -0.25) is 0 Å². The van der Waals surface area contributed by atoms with Crippen molar-refractivity contribution in [3.8, 4) is 0 Å². The van der Waals surface area contributed by atoms with E-state index in [-0.39, 0.29) is 10.7 Å². The molecule has 0 radical (unpaired) electrons. The van der Waals surface area contributed by atoms with Gasteiger partial charge in [0, 0.05) is 5.70 Å². The minimum absolute atomic E-state index is 0.0237. The van der Waals surface area contributed by atoms with E-state index < -0.39 is 0 Å². The molecule has 0 bridgehead atoms. The second kappa shape index (κ2) is 4.09. The highest BCUT2D eigenvalue weighted by molar-refractivity contribution is 8.13. The molecule has 0 fully saturated rings. The van der Waals surface area contributed by atoms with Crippen LogP contribution in [0.5, 0.6) is 0 Å². The lowest BCUT2D eigenvalue weighted by Gasteiger charge is -2.01. The average Bonchev–Trinajstić information content (AvgIpc) is 2.30. The zero-order valence-corrected chi connectivity index (χ0v) is 8.67. The maximum absolute atomic E-state index is 11.2. The SMILES string of the molecule is CCOC(=O)C1=C(C)NC(S)S1. The Labute approximate surface area is 81.3 Å². The summed E-state index contributed by atoms with van der Waals surface area (Å²) in [5, 5.41) is 3.01. The standard InChI is InChI=1S/C7H11NO2S2/c1-3-10-6(9)5-4(2)8-7(11)12-5/h7-8,11H,3H2,1-2H3. The molecule has 0 aromatic carbocycles. The molecule has 0 spiro atoms. The first kappa shape index (κ1) is 9.80. The normalized spacial score (nSPS) is 22.4. The highest BCUT2D eigenvalue weighted by atomic mass is 32.2. The zero-order chi connectivity index (χ0) is 9.14. The van der Waals surface area contributed by atoms with Crippen LogP contribution in [0.15, 0.2) is 10.6 Å². The molecule has 0 aromatic heterocycles.